The van der Waals surface area contributed by atoms with Crippen molar-refractivity contribution in [2.75, 3.05) is 0 Å². The van der Waals surface area contributed by atoms with E-state index in [1.165, 1.54) is 6.07 Å². The van der Waals surface area contributed by atoms with Gasteiger partial charge in [0, 0.05) is 11.6 Å². The second-order valence-corrected chi connectivity index (χ2v) is 4.90. The summed E-state index contributed by atoms with van der Waals surface area (Å²) in [5.41, 5.74) is 0.760. The highest BCUT2D eigenvalue weighted by molar-refractivity contribution is 7.15. The fourth-order valence-corrected chi connectivity index (χ4v) is 2.46. The van der Waals surface area contributed by atoms with Gasteiger partial charge in [0.1, 0.15) is 10.4 Å². The van der Waals surface area contributed by atoms with Gasteiger partial charge in [0.2, 0.25) is 0 Å². The van der Waals surface area contributed by atoms with Crippen LogP contribution >= 0.6 is 11.3 Å². The van der Waals surface area contributed by atoms with Crippen LogP contribution in [0.3, 0.4) is 0 Å². The molecule has 0 radical (unpaired) electrons. The van der Waals surface area contributed by atoms with Crippen LogP contribution in [0, 0.1) is 0 Å². The molecule has 94 valence electrons. The predicted molar refractivity (Wildman–Crippen MR) is 73.1 cm³/mol. The summed E-state index contributed by atoms with van der Waals surface area (Å²) in [6.45, 7) is 0. The smallest absolute Gasteiger partial charge is 0.345 e. The first-order valence-corrected chi connectivity index (χ1v) is 6.40. The number of ether oxygens (including phenoxy) is 1. The highest BCUT2D eigenvalue weighted by Crippen LogP contribution is 2.32. The molecule has 0 aliphatic rings. The van der Waals surface area contributed by atoms with Crippen LogP contribution in [0.1, 0.15) is 9.67 Å². The Morgan fingerprint density at radius 3 is 2.79 bits per heavy atom. The SMILES string of the molecule is O=C(O)c1ccc(Oc2cccc3cccnc23)s1. The van der Waals surface area contributed by atoms with E-state index in [0.29, 0.717) is 10.8 Å². The number of fused-ring (bicyclic) bond motifs is 1. The van der Waals surface area contributed by atoms with E-state index >= 15 is 0 Å². The van der Waals surface area contributed by atoms with Gasteiger partial charge in [-0.25, -0.2) is 4.79 Å². The normalized spacial score (nSPS) is 10.5. The van der Waals surface area contributed by atoms with E-state index < -0.39 is 5.97 Å². The molecule has 0 bridgehead atoms. The number of rotatable bonds is 3. The number of carboxylic acids is 1. The van der Waals surface area contributed by atoms with Gasteiger partial charge in [0.05, 0.1) is 0 Å². The Hall–Kier alpha value is -2.40. The number of benzene rings is 1. The number of para-hydroxylation sites is 1. The topological polar surface area (TPSA) is 59.4 Å². The number of carboxylic acid groups (broad SMARTS) is 1. The average molecular weight is 271 g/mol. The first-order chi connectivity index (χ1) is 9.24. The standard InChI is InChI=1S/C14H9NO3S/c16-14(17)11-6-7-12(19-11)18-10-5-1-3-9-4-2-8-15-13(9)10/h1-8H,(H,16,17). The van der Waals surface area contributed by atoms with Crippen molar-refractivity contribution in [3.8, 4) is 10.8 Å². The fourth-order valence-electron chi connectivity index (χ4n) is 1.76. The van der Waals surface area contributed by atoms with E-state index in [9.17, 15) is 4.79 Å². The summed E-state index contributed by atoms with van der Waals surface area (Å²) in [7, 11) is 0. The molecular weight excluding hydrogens is 262 g/mol. The molecule has 19 heavy (non-hydrogen) atoms. The Balaban J connectivity index is 1.98. The van der Waals surface area contributed by atoms with Crippen LogP contribution in [-0.2, 0) is 0 Å². The minimum Gasteiger partial charge on any atom is -0.477 e. The number of hydrogen-bond acceptors (Lipinski definition) is 4. The summed E-state index contributed by atoms with van der Waals surface area (Å²) in [5.74, 6) is -0.326. The van der Waals surface area contributed by atoms with Gasteiger partial charge < -0.3 is 9.84 Å². The summed E-state index contributed by atoms with van der Waals surface area (Å²) in [6.07, 6.45) is 1.70. The van der Waals surface area contributed by atoms with E-state index in [1.54, 1.807) is 12.3 Å². The molecule has 2 heterocycles. The summed E-state index contributed by atoms with van der Waals surface area (Å²) >= 11 is 1.09. The minimum absolute atomic E-state index is 0.253. The van der Waals surface area contributed by atoms with Crippen molar-refractivity contribution in [3.05, 3.63) is 53.5 Å². The van der Waals surface area contributed by atoms with Crippen molar-refractivity contribution in [1.82, 2.24) is 4.98 Å². The molecule has 0 saturated heterocycles. The quantitative estimate of drug-likeness (QED) is 0.787. The Labute approximate surface area is 112 Å². The molecule has 1 N–H and O–H groups in total. The van der Waals surface area contributed by atoms with Crippen molar-refractivity contribution in [3.63, 3.8) is 0 Å². The largest absolute Gasteiger partial charge is 0.477 e. The number of hydrogen-bond donors (Lipinski definition) is 1. The number of carbonyl (C=O) groups is 1. The van der Waals surface area contributed by atoms with Gasteiger partial charge in [-0.15, -0.1) is 0 Å². The van der Waals surface area contributed by atoms with Gasteiger partial charge in [-0.1, -0.05) is 29.5 Å². The molecule has 3 aromatic rings. The van der Waals surface area contributed by atoms with Gasteiger partial charge in [-0.05, 0) is 24.3 Å². The zero-order chi connectivity index (χ0) is 13.2. The van der Waals surface area contributed by atoms with Gasteiger partial charge in [-0.2, -0.15) is 0 Å². The molecule has 0 aliphatic heterocycles. The second kappa shape index (κ2) is 4.70. The predicted octanol–water partition coefficient (Wildman–Crippen LogP) is 3.79. The molecule has 0 spiro atoms. The second-order valence-electron chi connectivity index (χ2n) is 3.86. The number of aromatic carboxylic acids is 1. The maximum absolute atomic E-state index is 10.8. The van der Waals surface area contributed by atoms with E-state index in [1.807, 2.05) is 30.3 Å². The number of nitrogens with zero attached hydrogens (tertiary/aromatic N) is 1. The molecule has 0 amide bonds. The lowest BCUT2D eigenvalue weighted by atomic mass is 10.2. The lowest BCUT2D eigenvalue weighted by Gasteiger charge is -2.05. The highest BCUT2D eigenvalue weighted by atomic mass is 32.1. The van der Waals surface area contributed by atoms with E-state index in [4.69, 9.17) is 9.84 Å². The van der Waals surface area contributed by atoms with Gasteiger partial charge >= 0.3 is 5.97 Å². The Kier molecular flexibility index (Phi) is 2.89. The van der Waals surface area contributed by atoms with Gasteiger partial charge in [0.25, 0.3) is 0 Å². The maximum atomic E-state index is 10.8. The number of pyridine rings is 1. The fraction of sp³-hybridized carbons (Fsp3) is 0. The van der Waals surface area contributed by atoms with Crippen molar-refractivity contribution < 1.29 is 14.6 Å². The molecule has 0 fully saturated rings. The van der Waals surface area contributed by atoms with Gasteiger partial charge in [0.15, 0.2) is 10.8 Å². The summed E-state index contributed by atoms with van der Waals surface area (Å²) in [5, 5.41) is 10.4. The molecule has 0 atom stereocenters. The summed E-state index contributed by atoms with van der Waals surface area (Å²) in [4.78, 5) is 15.4. The van der Waals surface area contributed by atoms with Crippen molar-refractivity contribution in [2.45, 2.75) is 0 Å². The monoisotopic (exact) mass is 271 g/mol. The Bertz CT molecular complexity index is 746. The van der Waals surface area contributed by atoms with Crippen LogP contribution in [0.5, 0.6) is 10.8 Å². The molecular formula is C14H9NO3S. The van der Waals surface area contributed by atoms with E-state index in [2.05, 4.69) is 4.98 Å². The summed E-state index contributed by atoms with van der Waals surface area (Å²) < 4.78 is 5.72. The molecule has 0 saturated carbocycles. The van der Waals surface area contributed by atoms with Crippen LogP contribution in [0.2, 0.25) is 0 Å². The molecule has 4 nitrogen and oxygen atoms in total. The molecule has 1 aromatic carbocycles. The molecule has 3 rings (SSSR count). The number of thiophene rings is 1. The van der Waals surface area contributed by atoms with Crippen LogP contribution in [0.25, 0.3) is 10.9 Å². The number of aromatic nitrogens is 1. The van der Waals surface area contributed by atoms with Crippen LogP contribution in [0.15, 0.2) is 48.7 Å². The lowest BCUT2D eigenvalue weighted by molar-refractivity contribution is 0.0702. The van der Waals surface area contributed by atoms with E-state index in [-0.39, 0.29) is 4.88 Å². The molecule has 0 unspecified atom stereocenters. The third-order valence-corrected chi connectivity index (χ3v) is 3.55. The first-order valence-electron chi connectivity index (χ1n) is 5.59. The van der Waals surface area contributed by atoms with Crippen molar-refractivity contribution in [1.29, 1.82) is 0 Å². The van der Waals surface area contributed by atoms with Crippen molar-refractivity contribution >= 4 is 28.2 Å². The Morgan fingerprint density at radius 2 is 2.00 bits per heavy atom. The van der Waals surface area contributed by atoms with Crippen LogP contribution in [-0.4, -0.2) is 16.1 Å². The molecule has 0 aliphatic carbocycles. The minimum atomic E-state index is -0.948. The molecule has 5 heteroatoms. The molecule has 2 aromatic heterocycles. The van der Waals surface area contributed by atoms with Crippen LogP contribution < -0.4 is 4.74 Å². The zero-order valence-electron chi connectivity index (χ0n) is 9.74. The lowest BCUT2D eigenvalue weighted by Crippen LogP contribution is -1.89. The van der Waals surface area contributed by atoms with Crippen LogP contribution in [0.4, 0.5) is 0 Å². The van der Waals surface area contributed by atoms with Gasteiger partial charge in [-0.3, -0.25) is 4.98 Å². The van der Waals surface area contributed by atoms with E-state index in [0.717, 1.165) is 22.2 Å². The first kappa shape index (κ1) is 11.7. The Morgan fingerprint density at radius 1 is 1.16 bits per heavy atom. The third kappa shape index (κ3) is 2.28. The average Bonchev–Trinajstić information content (AvgIpc) is 2.88. The van der Waals surface area contributed by atoms with Crippen molar-refractivity contribution in [2.24, 2.45) is 0 Å². The third-order valence-electron chi connectivity index (χ3n) is 2.60. The summed E-state index contributed by atoms with van der Waals surface area (Å²) in [6, 6.07) is 12.6. The zero-order valence-corrected chi connectivity index (χ0v) is 10.6. The maximum Gasteiger partial charge on any atom is 0.345 e. The highest BCUT2D eigenvalue weighted by Gasteiger charge is 2.10.